The zero-order valence-electron chi connectivity index (χ0n) is 14.3. The Kier molecular flexibility index (Phi) is 3.99. The summed E-state index contributed by atoms with van der Waals surface area (Å²) in [5.41, 5.74) is 6.28. The lowest BCUT2D eigenvalue weighted by Gasteiger charge is -2.09. The number of nitrogens with two attached hydrogens (primary N) is 1. The van der Waals surface area contributed by atoms with Crippen LogP contribution < -0.4 is 11.3 Å². The second kappa shape index (κ2) is 6.46. The number of rotatable bonds is 3. The summed E-state index contributed by atoms with van der Waals surface area (Å²) in [6.45, 7) is 2.03. The van der Waals surface area contributed by atoms with Gasteiger partial charge in [-0.05, 0) is 42.0 Å². The molecule has 0 aliphatic rings. The van der Waals surface area contributed by atoms with E-state index >= 15 is 0 Å². The van der Waals surface area contributed by atoms with Gasteiger partial charge in [-0.25, -0.2) is 10.5 Å². The molecule has 5 nitrogen and oxygen atoms in total. The summed E-state index contributed by atoms with van der Waals surface area (Å²) in [4.78, 5) is 12.0. The average Bonchev–Trinajstić information content (AvgIpc) is 3.13. The molecule has 4 rings (SSSR count). The van der Waals surface area contributed by atoms with Gasteiger partial charge in [0.05, 0.1) is 11.4 Å². The average molecular weight is 342 g/mol. The van der Waals surface area contributed by atoms with Gasteiger partial charge in [0.25, 0.3) is 5.91 Å². The first kappa shape index (κ1) is 16.1. The van der Waals surface area contributed by atoms with E-state index < -0.39 is 5.91 Å². The van der Waals surface area contributed by atoms with E-state index in [-0.39, 0.29) is 5.69 Å². The predicted molar refractivity (Wildman–Crippen MR) is 103 cm³/mol. The zero-order chi connectivity index (χ0) is 18.1. The van der Waals surface area contributed by atoms with Gasteiger partial charge in [0, 0.05) is 5.56 Å². The summed E-state index contributed by atoms with van der Waals surface area (Å²) in [6.07, 6.45) is 0. The van der Waals surface area contributed by atoms with Crippen molar-refractivity contribution >= 4 is 16.7 Å². The Labute approximate surface area is 151 Å². The molecule has 0 saturated carbocycles. The molecule has 26 heavy (non-hydrogen) atoms. The first-order chi connectivity index (χ1) is 12.7. The minimum absolute atomic E-state index is 0.274. The molecular weight excluding hydrogens is 324 g/mol. The van der Waals surface area contributed by atoms with Crippen LogP contribution in [0.2, 0.25) is 0 Å². The van der Waals surface area contributed by atoms with Crippen molar-refractivity contribution in [2.75, 3.05) is 0 Å². The van der Waals surface area contributed by atoms with E-state index in [0.717, 1.165) is 33.3 Å². The monoisotopic (exact) mass is 342 g/mol. The predicted octanol–water partition coefficient (Wildman–Crippen LogP) is 3.60. The van der Waals surface area contributed by atoms with Gasteiger partial charge in [-0.1, -0.05) is 54.1 Å². The van der Waals surface area contributed by atoms with Crippen molar-refractivity contribution in [1.29, 1.82) is 0 Å². The number of aromatic nitrogens is 2. The van der Waals surface area contributed by atoms with Crippen molar-refractivity contribution < 1.29 is 4.79 Å². The highest BCUT2D eigenvalue weighted by molar-refractivity contribution is 5.94. The number of nitrogens with zero attached hydrogens (tertiary/aromatic N) is 2. The van der Waals surface area contributed by atoms with Crippen LogP contribution in [0, 0.1) is 6.92 Å². The fraction of sp³-hybridized carbons (Fsp3) is 0.0476. The highest BCUT2D eigenvalue weighted by Crippen LogP contribution is 2.27. The van der Waals surface area contributed by atoms with Crippen LogP contribution in [0.4, 0.5) is 0 Å². The SMILES string of the molecule is Cc1ccc(-n2nc(C(=O)NN)cc2-c2ccc3ccccc3c2)cc1. The van der Waals surface area contributed by atoms with Crippen molar-refractivity contribution in [2.24, 2.45) is 5.84 Å². The molecule has 4 aromatic rings. The van der Waals surface area contributed by atoms with Gasteiger partial charge in [-0.15, -0.1) is 0 Å². The van der Waals surface area contributed by atoms with Crippen LogP contribution in [-0.4, -0.2) is 15.7 Å². The summed E-state index contributed by atoms with van der Waals surface area (Å²) in [7, 11) is 0. The Morgan fingerprint density at radius 1 is 0.962 bits per heavy atom. The van der Waals surface area contributed by atoms with E-state index in [4.69, 9.17) is 5.84 Å². The van der Waals surface area contributed by atoms with Gasteiger partial charge in [0.1, 0.15) is 0 Å². The molecule has 0 fully saturated rings. The third-order valence-corrected chi connectivity index (χ3v) is 4.40. The third kappa shape index (κ3) is 2.85. The number of hydrogen-bond donors (Lipinski definition) is 2. The number of carbonyl (C=O) groups is 1. The van der Waals surface area contributed by atoms with Crippen LogP contribution in [-0.2, 0) is 0 Å². The molecule has 128 valence electrons. The van der Waals surface area contributed by atoms with Crippen LogP contribution >= 0.6 is 0 Å². The van der Waals surface area contributed by atoms with E-state index in [1.807, 2.05) is 49.4 Å². The number of aryl methyl sites for hydroxylation is 1. The summed E-state index contributed by atoms with van der Waals surface area (Å²) in [5.74, 6) is 4.87. The van der Waals surface area contributed by atoms with Gasteiger partial charge < -0.3 is 0 Å². The minimum Gasteiger partial charge on any atom is -0.289 e. The Bertz CT molecular complexity index is 1100. The molecule has 0 spiro atoms. The second-order valence-electron chi connectivity index (χ2n) is 6.20. The molecule has 0 aliphatic carbocycles. The third-order valence-electron chi connectivity index (χ3n) is 4.40. The zero-order valence-corrected chi connectivity index (χ0v) is 14.3. The molecular formula is C21H18N4O. The minimum atomic E-state index is -0.419. The molecule has 0 atom stereocenters. The van der Waals surface area contributed by atoms with Crippen molar-refractivity contribution in [1.82, 2.24) is 15.2 Å². The maximum absolute atomic E-state index is 12.0. The lowest BCUT2D eigenvalue weighted by atomic mass is 10.0. The summed E-state index contributed by atoms with van der Waals surface area (Å²) in [6, 6.07) is 24.1. The van der Waals surface area contributed by atoms with Crippen LogP contribution in [0.5, 0.6) is 0 Å². The molecule has 0 aliphatic heterocycles. The standard InChI is InChI=1S/C21H18N4O/c1-14-6-10-18(11-7-14)25-20(13-19(24-25)21(26)23-22)17-9-8-15-4-2-3-5-16(15)12-17/h2-13H,22H2,1H3,(H,23,26). The molecule has 1 heterocycles. The molecule has 0 radical (unpaired) electrons. The number of benzene rings is 3. The summed E-state index contributed by atoms with van der Waals surface area (Å²) in [5, 5.41) is 6.76. The number of hydrogen-bond acceptors (Lipinski definition) is 3. The van der Waals surface area contributed by atoms with Crippen LogP contribution in [0.1, 0.15) is 16.1 Å². The number of fused-ring (bicyclic) bond motifs is 1. The Morgan fingerprint density at radius 2 is 1.69 bits per heavy atom. The number of nitrogens with one attached hydrogen (secondary N) is 1. The normalized spacial score (nSPS) is 10.8. The maximum Gasteiger partial charge on any atom is 0.285 e. The molecule has 1 aromatic heterocycles. The summed E-state index contributed by atoms with van der Waals surface area (Å²) < 4.78 is 1.77. The second-order valence-corrected chi connectivity index (χ2v) is 6.20. The van der Waals surface area contributed by atoms with Gasteiger partial charge in [-0.2, -0.15) is 5.10 Å². The Hall–Kier alpha value is -3.44. The first-order valence-electron chi connectivity index (χ1n) is 8.33. The lowest BCUT2D eigenvalue weighted by Crippen LogP contribution is -2.30. The van der Waals surface area contributed by atoms with Crippen LogP contribution in [0.15, 0.2) is 72.8 Å². The van der Waals surface area contributed by atoms with Gasteiger partial charge in [-0.3, -0.25) is 10.2 Å². The van der Waals surface area contributed by atoms with E-state index in [1.54, 1.807) is 10.7 Å². The Morgan fingerprint density at radius 3 is 2.42 bits per heavy atom. The van der Waals surface area contributed by atoms with E-state index in [0.29, 0.717) is 0 Å². The topological polar surface area (TPSA) is 72.9 Å². The van der Waals surface area contributed by atoms with E-state index in [1.165, 1.54) is 0 Å². The maximum atomic E-state index is 12.0. The van der Waals surface area contributed by atoms with Crippen LogP contribution in [0.25, 0.3) is 27.7 Å². The van der Waals surface area contributed by atoms with Crippen LogP contribution in [0.3, 0.4) is 0 Å². The van der Waals surface area contributed by atoms with Crippen molar-refractivity contribution in [2.45, 2.75) is 6.92 Å². The van der Waals surface area contributed by atoms with Crippen molar-refractivity contribution in [3.05, 3.63) is 84.1 Å². The van der Waals surface area contributed by atoms with Gasteiger partial charge in [0.15, 0.2) is 5.69 Å². The number of carbonyl (C=O) groups excluding carboxylic acids is 1. The number of hydrazine groups is 1. The fourth-order valence-electron chi connectivity index (χ4n) is 3.00. The smallest absolute Gasteiger partial charge is 0.285 e. The molecule has 3 N–H and O–H groups in total. The van der Waals surface area contributed by atoms with Crippen molar-refractivity contribution in [3.63, 3.8) is 0 Å². The highest BCUT2D eigenvalue weighted by atomic mass is 16.2. The Balaban J connectivity index is 1.91. The fourth-order valence-corrected chi connectivity index (χ4v) is 3.00. The van der Waals surface area contributed by atoms with E-state index in [2.05, 4.69) is 34.8 Å². The molecule has 5 heteroatoms. The highest BCUT2D eigenvalue weighted by Gasteiger charge is 2.16. The summed E-state index contributed by atoms with van der Waals surface area (Å²) >= 11 is 0. The molecule has 0 unspecified atom stereocenters. The van der Waals surface area contributed by atoms with E-state index in [9.17, 15) is 4.79 Å². The number of nitrogen functional groups attached to an aromatic ring is 1. The van der Waals surface area contributed by atoms with Gasteiger partial charge in [0.2, 0.25) is 0 Å². The van der Waals surface area contributed by atoms with Gasteiger partial charge >= 0.3 is 0 Å². The quantitative estimate of drug-likeness (QED) is 0.339. The molecule has 1 amide bonds. The largest absolute Gasteiger partial charge is 0.289 e. The number of amides is 1. The molecule has 3 aromatic carbocycles. The van der Waals surface area contributed by atoms with Crippen molar-refractivity contribution in [3.8, 4) is 16.9 Å². The first-order valence-corrected chi connectivity index (χ1v) is 8.33. The molecule has 0 saturated heterocycles. The lowest BCUT2D eigenvalue weighted by molar-refractivity contribution is 0.0948. The molecule has 0 bridgehead atoms.